The number of aliphatic carboxylic acids is 1. The zero-order chi connectivity index (χ0) is 25.2. The molecule has 196 valence electrons. The molecule has 0 saturated heterocycles. The Morgan fingerprint density at radius 2 is 1.15 bits per heavy atom. The molecular formula is C25H48O8. The second-order valence-corrected chi connectivity index (χ2v) is 8.33. The van der Waals surface area contributed by atoms with Gasteiger partial charge in [-0.15, -0.1) is 0 Å². The smallest absolute Gasteiger partial charge is 0.339 e. The van der Waals surface area contributed by atoms with E-state index < -0.39 is 37.2 Å². The van der Waals surface area contributed by atoms with Crippen LogP contribution in [-0.2, 0) is 23.9 Å². The molecule has 0 radical (unpaired) electrons. The number of carboxylic acids is 1. The Kier molecular flexibility index (Phi) is 27.3. The Bertz CT molecular complexity index is 467. The summed E-state index contributed by atoms with van der Waals surface area (Å²) < 4.78 is 9.30. The van der Waals surface area contributed by atoms with Gasteiger partial charge in [0.05, 0.1) is 13.2 Å². The van der Waals surface area contributed by atoms with Crippen LogP contribution in [0.2, 0.25) is 0 Å². The SMILES string of the molecule is CCCCCCCC(=O)OC(=O)COCC(O)CO.CCCCCCCCCCCC(=O)O. The molecule has 1 unspecified atom stereocenters. The maximum Gasteiger partial charge on any atom is 0.339 e. The Morgan fingerprint density at radius 3 is 1.61 bits per heavy atom. The molecule has 0 rings (SSSR count). The Hall–Kier alpha value is -1.51. The number of esters is 2. The van der Waals surface area contributed by atoms with Crippen molar-refractivity contribution in [2.75, 3.05) is 19.8 Å². The van der Waals surface area contributed by atoms with E-state index >= 15 is 0 Å². The summed E-state index contributed by atoms with van der Waals surface area (Å²) >= 11 is 0. The van der Waals surface area contributed by atoms with Crippen LogP contribution in [0.1, 0.15) is 117 Å². The number of hydrogen-bond acceptors (Lipinski definition) is 7. The van der Waals surface area contributed by atoms with Gasteiger partial charge in [-0.25, -0.2) is 4.79 Å². The van der Waals surface area contributed by atoms with Crippen molar-refractivity contribution >= 4 is 17.9 Å². The van der Waals surface area contributed by atoms with Crippen molar-refractivity contribution in [1.29, 1.82) is 0 Å². The van der Waals surface area contributed by atoms with Gasteiger partial charge in [0.1, 0.15) is 12.7 Å². The molecule has 8 nitrogen and oxygen atoms in total. The summed E-state index contributed by atoms with van der Waals surface area (Å²) in [5, 5.41) is 25.9. The minimum atomic E-state index is -1.03. The first-order valence-corrected chi connectivity index (χ1v) is 12.7. The third-order valence-corrected chi connectivity index (χ3v) is 4.95. The van der Waals surface area contributed by atoms with Crippen LogP contribution < -0.4 is 0 Å². The van der Waals surface area contributed by atoms with Crippen molar-refractivity contribution in [3.8, 4) is 0 Å². The number of carboxylic acid groups (broad SMARTS) is 1. The maximum absolute atomic E-state index is 11.3. The van der Waals surface area contributed by atoms with Crippen LogP contribution in [0, 0.1) is 0 Å². The molecule has 0 spiro atoms. The number of ether oxygens (including phenoxy) is 2. The van der Waals surface area contributed by atoms with Gasteiger partial charge in [0.15, 0.2) is 0 Å². The summed E-state index contributed by atoms with van der Waals surface area (Å²) in [6.45, 7) is 3.33. The number of unbranched alkanes of at least 4 members (excludes halogenated alkanes) is 12. The van der Waals surface area contributed by atoms with Crippen molar-refractivity contribution in [3.05, 3.63) is 0 Å². The van der Waals surface area contributed by atoms with Gasteiger partial charge in [-0.2, -0.15) is 0 Å². The molecule has 33 heavy (non-hydrogen) atoms. The molecule has 0 saturated carbocycles. The lowest BCUT2D eigenvalue weighted by atomic mass is 10.1. The largest absolute Gasteiger partial charge is 0.481 e. The second kappa shape index (κ2) is 26.7. The summed E-state index contributed by atoms with van der Waals surface area (Å²) in [5.41, 5.74) is 0. The van der Waals surface area contributed by atoms with Crippen LogP contribution in [-0.4, -0.2) is 59.2 Å². The third-order valence-electron chi connectivity index (χ3n) is 4.95. The molecular weight excluding hydrogens is 428 g/mol. The molecule has 0 heterocycles. The molecule has 0 aliphatic carbocycles. The van der Waals surface area contributed by atoms with Crippen LogP contribution in [0.4, 0.5) is 0 Å². The van der Waals surface area contributed by atoms with Crippen molar-refractivity contribution < 1.29 is 39.2 Å². The minimum Gasteiger partial charge on any atom is -0.481 e. The molecule has 8 heteroatoms. The summed E-state index contributed by atoms with van der Waals surface area (Å²) in [6.07, 6.45) is 15.7. The first-order valence-electron chi connectivity index (χ1n) is 12.7. The Labute approximate surface area is 200 Å². The number of aliphatic hydroxyl groups is 2. The topological polar surface area (TPSA) is 130 Å². The lowest BCUT2D eigenvalue weighted by molar-refractivity contribution is -0.163. The highest BCUT2D eigenvalue weighted by atomic mass is 16.6. The Balaban J connectivity index is 0. The van der Waals surface area contributed by atoms with Crippen molar-refractivity contribution in [2.45, 2.75) is 123 Å². The molecule has 0 aliphatic rings. The predicted molar refractivity (Wildman–Crippen MR) is 128 cm³/mol. The monoisotopic (exact) mass is 476 g/mol. The zero-order valence-electron chi connectivity index (χ0n) is 20.9. The molecule has 0 fully saturated rings. The van der Waals surface area contributed by atoms with Gasteiger partial charge in [0, 0.05) is 12.8 Å². The molecule has 1 atom stereocenters. The van der Waals surface area contributed by atoms with Crippen LogP contribution in [0.3, 0.4) is 0 Å². The highest BCUT2D eigenvalue weighted by Gasteiger charge is 2.11. The summed E-state index contributed by atoms with van der Waals surface area (Å²) in [5.74, 6) is -1.98. The highest BCUT2D eigenvalue weighted by molar-refractivity contribution is 5.86. The Morgan fingerprint density at radius 1 is 0.697 bits per heavy atom. The van der Waals surface area contributed by atoms with Gasteiger partial charge in [-0.3, -0.25) is 9.59 Å². The number of carbonyl (C=O) groups is 3. The number of carbonyl (C=O) groups excluding carboxylic acids is 2. The van der Waals surface area contributed by atoms with E-state index in [1.807, 2.05) is 0 Å². The van der Waals surface area contributed by atoms with Gasteiger partial charge < -0.3 is 24.8 Å². The number of rotatable bonds is 21. The van der Waals surface area contributed by atoms with E-state index in [-0.39, 0.29) is 13.0 Å². The number of aliphatic hydroxyl groups excluding tert-OH is 2. The van der Waals surface area contributed by atoms with Gasteiger partial charge >= 0.3 is 17.9 Å². The molecule has 0 aliphatic heterocycles. The van der Waals surface area contributed by atoms with E-state index in [0.717, 1.165) is 44.9 Å². The van der Waals surface area contributed by atoms with E-state index in [1.165, 1.54) is 44.9 Å². The maximum atomic E-state index is 11.3. The lowest BCUT2D eigenvalue weighted by Gasteiger charge is -2.07. The van der Waals surface area contributed by atoms with Crippen LogP contribution in [0.5, 0.6) is 0 Å². The molecule has 0 aromatic rings. The molecule has 0 aromatic carbocycles. The van der Waals surface area contributed by atoms with Crippen molar-refractivity contribution in [1.82, 2.24) is 0 Å². The van der Waals surface area contributed by atoms with E-state index in [4.69, 9.17) is 20.1 Å². The van der Waals surface area contributed by atoms with E-state index in [2.05, 4.69) is 18.6 Å². The van der Waals surface area contributed by atoms with Gasteiger partial charge in [-0.05, 0) is 12.8 Å². The third kappa shape index (κ3) is 30.5. The highest BCUT2D eigenvalue weighted by Crippen LogP contribution is 2.10. The van der Waals surface area contributed by atoms with E-state index in [1.54, 1.807) is 0 Å². The average Bonchev–Trinajstić information content (AvgIpc) is 2.78. The van der Waals surface area contributed by atoms with Crippen molar-refractivity contribution in [2.24, 2.45) is 0 Å². The molecule has 0 amide bonds. The first kappa shape index (κ1) is 33.7. The fourth-order valence-electron chi connectivity index (χ4n) is 3.00. The first-order chi connectivity index (χ1) is 15.9. The standard InChI is InChI=1S/C13H24O6.C12H24O2/c1-2-3-4-5-6-7-12(16)19-13(17)10-18-9-11(15)8-14;1-2-3-4-5-6-7-8-9-10-11-12(13)14/h11,14-15H,2-10H2,1H3;2-11H2,1H3,(H,13,14). The van der Waals surface area contributed by atoms with Crippen LogP contribution in [0.15, 0.2) is 0 Å². The van der Waals surface area contributed by atoms with Crippen LogP contribution in [0.25, 0.3) is 0 Å². The summed E-state index contributed by atoms with van der Waals surface area (Å²) in [4.78, 5) is 32.6. The average molecular weight is 477 g/mol. The molecule has 0 aromatic heterocycles. The second-order valence-electron chi connectivity index (χ2n) is 8.33. The van der Waals surface area contributed by atoms with Gasteiger partial charge in [0.25, 0.3) is 0 Å². The number of hydrogen-bond donors (Lipinski definition) is 3. The summed E-state index contributed by atoms with van der Waals surface area (Å²) in [7, 11) is 0. The van der Waals surface area contributed by atoms with E-state index in [9.17, 15) is 14.4 Å². The summed E-state index contributed by atoms with van der Waals surface area (Å²) in [6, 6.07) is 0. The predicted octanol–water partition coefficient (Wildman–Crippen LogP) is 4.78. The fraction of sp³-hybridized carbons (Fsp3) is 0.880. The quantitative estimate of drug-likeness (QED) is 0.123. The fourth-order valence-corrected chi connectivity index (χ4v) is 3.00. The van der Waals surface area contributed by atoms with Gasteiger partial charge in [0.2, 0.25) is 0 Å². The molecule has 0 bridgehead atoms. The van der Waals surface area contributed by atoms with Gasteiger partial charge in [-0.1, -0.05) is 90.9 Å². The van der Waals surface area contributed by atoms with Crippen LogP contribution >= 0.6 is 0 Å². The zero-order valence-corrected chi connectivity index (χ0v) is 20.9. The van der Waals surface area contributed by atoms with Crippen molar-refractivity contribution in [3.63, 3.8) is 0 Å². The van der Waals surface area contributed by atoms with E-state index in [0.29, 0.717) is 6.42 Å². The lowest BCUT2D eigenvalue weighted by Crippen LogP contribution is -2.23. The molecule has 3 N–H and O–H groups in total. The normalized spacial score (nSPS) is 11.4. The minimum absolute atomic E-state index is 0.170.